The molecular formula is C19H25N5O3. The standard InChI is InChI=1S/C19H25N5O3/c1-11(2)16(19-23-17(24-27-19)13-4-7-20-8-5-13)22-15(25)6-9-21-18(26)14-10-12(14)3/h4-5,7-8,11-12,14,16H,6,9-10H2,1-3H3,(H,21,26)(H,22,25). The van der Waals surface area contributed by atoms with E-state index in [4.69, 9.17) is 4.52 Å². The normalized spacial score (nSPS) is 19.6. The van der Waals surface area contributed by atoms with Crippen molar-refractivity contribution in [1.29, 1.82) is 0 Å². The van der Waals surface area contributed by atoms with Gasteiger partial charge < -0.3 is 15.2 Å². The topological polar surface area (TPSA) is 110 Å². The molecule has 2 amide bonds. The van der Waals surface area contributed by atoms with Gasteiger partial charge in [0, 0.05) is 36.8 Å². The van der Waals surface area contributed by atoms with Gasteiger partial charge in [-0.05, 0) is 30.4 Å². The Labute approximate surface area is 158 Å². The third-order valence-corrected chi connectivity index (χ3v) is 4.73. The van der Waals surface area contributed by atoms with Gasteiger partial charge in [-0.2, -0.15) is 4.98 Å². The van der Waals surface area contributed by atoms with Crippen LogP contribution in [0.3, 0.4) is 0 Å². The zero-order chi connectivity index (χ0) is 19.4. The minimum Gasteiger partial charge on any atom is -0.355 e. The second kappa shape index (κ2) is 8.28. The number of amides is 2. The summed E-state index contributed by atoms with van der Waals surface area (Å²) in [6.45, 7) is 6.31. The van der Waals surface area contributed by atoms with Crippen LogP contribution in [0.15, 0.2) is 29.0 Å². The van der Waals surface area contributed by atoms with Crippen LogP contribution in [0, 0.1) is 17.8 Å². The van der Waals surface area contributed by atoms with E-state index in [1.807, 2.05) is 13.8 Å². The summed E-state index contributed by atoms with van der Waals surface area (Å²) in [6, 6.07) is 3.20. The van der Waals surface area contributed by atoms with Crippen LogP contribution in [0.1, 0.15) is 45.5 Å². The van der Waals surface area contributed by atoms with Gasteiger partial charge in [0.1, 0.15) is 6.04 Å². The zero-order valence-corrected chi connectivity index (χ0v) is 15.8. The highest BCUT2D eigenvalue weighted by Crippen LogP contribution is 2.37. The number of aromatic nitrogens is 3. The first kappa shape index (κ1) is 19.0. The average molecular weight is 371 g/mol. The summed E-state index contributed by atoms with van der Waals surface area (Å²) >= 11 is 0. The Hall–Kier alpha value is -2.77. The van der Waals surface area contributed by atoms with E-state index >= 15 is 0 Å². The van der Waals surface area contributed by atoms with Crippen molar-refractivity contribution in [2.24, 2.45) is 17.8 Å². The van der Waals surface area contributed by atoms with Crippen molar-refractivity contribution in [3.8, 4) is 11.4 Å². The molecule has 144 valence electrons. The molecular weight excluding hydrogens is 346 g/mol. The summed E-state index contributed by atoms with van der Waals surface area (Å²) in [5.74, 6) is 1.33. The number of carbonyl (C=O) groups is 2. The lowest BCUT2D eigenvalue weighted by Crippen LogP contribution is -2.35. The van der Waals surface area contributed by atoms with E-state index < -0.39 is 0 Å². The Morgan fingerprint density at radius 3 is 2.63 bits per heavy atom. The quantitative estimate of drug-likeness (QED) is 0.735. The molecule has 0 saturated heterocycles. The largest absolute Gasteiger partial charge is 0.355 e. The van der Waals surface area contributed by atoms with Crippen molar-refractivity contribution in [3.05, 3.63) is 30.4 Å². The minimum absolute atomic E-state index is 0.0367. The maximum atomic E-state index is 12.3. The molecule has 0 aliphatic heterocycles. The molecule has 2 N–H and O–H groups in total. The van der Waals surface area contributed by atoms with E-state index in [9.17, 15) is 9.59 Å². The first-order valence-electron chi connectivity index (χ1n) is 9.26. The van der Waals surface area contributed by atoms with Crippen LogP contribution < -0.4 is 10.6 Å². The highest BCUT2D eigenvalue weighted by Gasteiger charge is 2.38. The Balaban J connectivity index is 1.55. The molecule has 0 aromatic carbocycles. The fourth-order valence-electron chi connectivity index (χ4n) is 2.86. The van der Waals surface area contributed by atoms with Gasteiger partial charge in [-0.15, -0.1) is 0 Å². The van der Waals surface area contributed by atoms with Gasteiger partial charge in [0.05, 0.1) is 0 Å². The number of pyridine rings is 1. The number of hydrogen-bond acceptors (Lipinski definition) is 6. The molecule has 0 spiro atoms. The monoisotopic (exact) mass is 371 g/mol. The molecule has 1 saturated carbocycles. The Morgan fingerprint density at radius 1 is 1.30 bits per heavy atom. The maximum absolute atomic E-state index is 12.3. The van der Waals surface area contributed by atoms with Gasteiger partial charge in [0.25, 0.3) is 0 Å². The van der Waals surface area contributed by atoms with Gasteiger partial charge in [0.2, 0.25) is 23.5 Å². The second-order valence-corrected chi connectivity index (χ2v) is 7.34. The summed E-state index contributed by atoms with van der Waals surface area (Å²) < 4.78 is 5.37. The first-order valence-corrected chi connectivity index (χ1v) is 9.26. The zero-order valence-electron chi connectivity index (χ0n) is 15.8. The summed E-state index contributed by atoms with van der Waals surface area (Å²) in [6.07, 6.45) is 4.46. The molecule has 1 aliphatic rings. The molecule has 0 radical (unpaired) electrons. The molecule has 27 heavy (non-hydrogen) atoms. The molecule has 2 aromatic rings. The van der Waals surface area contributed by atoms with Crippen LogP contribution in [0.4, 0.5) is 0 Å². The van der Waals surface area contributed by atoms with Crippen LogP contribution in [-0.4, -0.2) is 33.5 Å². The van der Waals surface area contributed by atoms with Gasteiger partial charge in [-0.3, -0.25) is 14.6 Å². The second-order valence-electron chi connectivity index (χ2n) is 7.34. The van der Waals surface area contributed by atoms with Crippen molar-refractivity contribution in [3.63, 3.8) is 0 Å². The number of hydrogen-bond donors (Lipinski definition) is 2. The number of nitrogens with zero attached hydrogens (tertiary/aromatic N) is 3. The minimum atomic E-state index is -0.389. The van der Waals surface area contributed by atoms with Gasteiger partial charge in [-0.1, -0.05) is 25.9 Å². The predicted molar refractivity (Wildman–Crippen MR) is 98.1 cm³/mol. The van der Waals surface area contributed by atoms with Gasteiger partial charge in [0.15, 0.2) is 0 Å². The van der Waals surface area contributed by atoms with Crippen molar-refractivity contribution in [2.75, 3.05) is 6.54 Å². The van der Waals surface area contributed by atoms with E-state index in [-0.39, 0.29) is 36.1 Å². The van der Waals surface area contributed by atoms with Crippen molar-refractivity contribution >= 4 is 11.8 Å². The number of rotatable bonds is 8. The fraction of sp³-hybridized carbons (Fsp3) is 0.526. The lowest BCUT2D eigenvalue weighted by molar-refractivity contribution is -0.123. The van der Waals surface area contributed by atoms with Crippen molar-refractivity contribution in [2.45, 2.75) is 39.7 Å². The molecule has 8 nitrogen and oxygen atoms in total. The molecule has 3 rings (SSSR count). The SMILES string of the molecule is CC(C)C(NC(=O)CCNC(=O)C1CC1C)c1nc(-c2ccncc2)no1. The Kier molecular flexibility index (Phi) is 5.83. The highest BCUT2D eigenvalue weighted by molar-refractivity contribution is 5.82. The van der Waals surface area contributed by atoms with Crippen LogP contribution in [0.25, 0.3) is 11.4 Å². The molecule has 2 aromatic heterocycles. The van der Waals surface area contributed by atoms with Crippen molar-refractivity contribution < 1.29 is 14.1 Å². The third kappa shape index (κ3) is 4.90. The summed E-state index contributed by atoms with van der Waals surface area (Å²) in [5.41, 5.74) is 0.797. The summed E-state index contributed by atoms with van der Waals surface area (Å²) in [4.78, 5) is 32.5. The third-order valence-electron chi connectivity index (χ3n) is 4.73. The van der Waals surface area contributed by atoms with Gasteiger partial charge in [-0.25, -0.2) is 0 Å². The predicted octanol–water partition coefficient (Wildman–Crippen LogP) is 2.11. The van der Waals surface area contributed by atoms with Crippen LogP contribution in [-0.2, 0) is 9.59 Å². The number of carbonyl (C=O) groups excluding carboxylic acids is 2. The molecule has 3 unspecified atom stereocenters. The maximum Gasteiger partial charge on any atom is 0.249 e. The number of nitrogens with one attached hydrogen (secondary N) is 2. The molecule has 3 atom stereocenters. The lowest BCUT2D eigenvalue weighted by Gasteiger charge is -2.18. The van der Waals surface area contributed by atoms with Crippen LogP contribution >= 0.6 is 0 Å². The molecule has 1 fully saturated rings. The summed E-state index contributed by atoms with van der Waals surface area (Å²) in [5, 5.41) is 9.74. The first-order chi connectivity index (χ1) is 13.0. The smallest absolute Gasteiger partial charge is 0.249 e. The Morgan fingerprint density at radius 2 is 2.00 bits per heavy atom. The average Bonchev–Trinajstić information content (AvgIpc) is 3.19. The summed E-state index contributed by atoms with van der Waals surface area (Å²) in [7, 11) is 0. The molecule has 1 aliphatic carbocycles. The molecule has 0 bridgehead atoms. The molecule has 2 heterocycles. The van der Waals surface area contributed by atoms with Crippen molar-refractivity contribution in [1.82, 2.24) is 25.8 Å². The highest BCUT2D eigenvalue weighted by atomic mass is 16.5. The van der Waals surface area contributed by atoms with E-state index in [1.54, 1.807) is 24.5 Å². The van der Waals surface area contributed by atoms with E-state index in [2.05, 4.69) is 32.7 Å². The van der Waals surface area contributed by atoms with E-state index in [0.29, 0.717) is 24.2 Å². The van der Waals surface area contributed by atoms with Gasteiger partial charge >= 0.3 is 0 Å². The van der Waals surface area contributed by atoms with Crippen LogP contribution in [0.2, 0.25) is 0 Å². The van der Waals surface area contributed by atoms with Crippen LogP contribution in [0.5, 0.6) is 0 Å². The lowest BCUT2D eigenvalue weighted by atomic mass is 10.0. The van der Waals surface area contributed by atoms with E-state index in [1.165, 1.54) is 0 Å². The Bertz CT molecular complexity index is 790. The molecule has 8 heteroatoms. The van der Waals surface area contributed by atoms with E-state index in [0.717, 1.165) is 12.0 Å². The fourth-order valence-corrected chi connectivity index (χ4v) is 2.86.